The van der Waals surface area contributed by atoms with Crippen molar-refractivity contribution in [3.8, 4) is 0 Å². The third-order valence-corrected chi connectivity index (χ3v) is 6.78. The highest BCUT2D eigenvalue weighted by Crippen LogP contribution is 2.36. The number of anilines is 2. The number of pyridine rings is 1. The van der Waals surface area contributed by atoms with Gasteiger partial charge in [0.1, 0.15) is 11.0 Å². The molecule has 0 bridgehead atoms. The van der Waals surface area contributed by atoms with Crippen molar-refractivity contribution in [2.45, 2.75) is 73.9 Å². The van der Waals surface area contributed by atoms with Gasteiger partial charge in [-0.3, -0.25) is 5.10 Å². The Balaban J connectivity index is 1.44. The predicted octanol–water partition coefficient (Wildman–Crippen LogP) is 6.28. The fourth-order valence-electron chi connectivity index (χ4n) is 3.96. The van der Waals surface area contributed by atoms with Gasteiger partial charge >= 0.3 is 0 Å². The number of rotatable bonds is 5. The zero-order valence-corrected chi connectivity index (χ0v) is 16.0. The Morgan fingerprint density at radius 1 is 0.960 bits per heavy atom. The summed E-state index contributed by atoms with van der Waals surface area (Å²) >= 11 is 8.19. The van der Waals surface area contributed by atoms with Crippen LogP contribution in [0.3, 0.4) is 0 Å². The Morgan fingerprint density at radius 2 is 1.72 bits per heavy atom. The van der Waals surface area contributed by atoms with Crippen LogP contribution in [0.2, 0.25) is 5.15 Å². The third kappa shape index (κ3) is 4.50. The average Bonchev–Trinajstić information content (AvgIpc) is 3.26. The van der Waals surface area contributed by atoms with E-state index in [-0.39, 0.29) is 0 Å². The van der Waals surface area contributed by atoms with E-state index in [1.54, 1.807) is 0 Å². The summed E-state index contributed by atoms with van der Waals surface area (Å²) in [6.45, 7) is 0. The highest BCUT2D eigenvalue weighted by molar-refractivity contribution is 8.00. The molecule has 0 aromatic carbocycles. The number of halogens is 1. The minimum atomic E-state index is 0.537. The number of aromatic nitrogens is 3. The first-order chi connectivity index (χ1) is 12.3. The van der Waals surface area contributed by atoms with Crippen molar-refractivity contribution in [1.29, 1.82) is 0 Å². The summed E-state index contributed by atoms with van der Waals surface area (Å²) in [4.78, 5) is 5.61. The van der Waals surface area contributed by atoms with Crippen LogP contribution in [0.25, 0.3) is 0 Å². The molecular weight excluding hydrogens is 352 g/mol. The van der Waals surface area contributed by atoms with Crippen LogP contribution < -0.4 is 5.32 Å². The second kappa shape index (κ2) is 8.00. The lowest BCUT2D eigenvalue weighted by Gasteiger charge is -2.21. The SMILES string of the molecule is Clc1cc(SC2CCCCC2)cc(Nc2cc(C3CCCC3)[nH]n2)n1. The molecule has 0 aliphatic heterocycles. The van der Waals surface area contributed by atoms with Crippen molar-refractivity contribution < 1.29 is 0 Å². The van der Waals surface area contributed by atoms with Gasteiger partial charge in [0.2, 0.25) is 0 Å². The van der Waals surface area contributed by atoms with E-state index in [1.807, 2.05) is 17.8 Å². The largest absolute Gasteiger partial charge is 0.323 e. The first-order valence-electron chi connectivity index (χ1n) is 9.43. The van der Waals surface area contributed by atoms with Gasteiger partial charge in [0, 0.05) is 27.8 Å². The highest BCUT2D eigenvalue weighted by Gasteiger charge is 2.19. The van der Waals surface area contributed by atoms with Gasteiger partial charge in [-0.1, -0.05) is 43.7 Å². The van der Waals surface area contributed by atoms with Crippen molar-refractivity contribution in [3.63, 3.8) is 0 Å². The molecule has 2 fully saturated rings. The quantitative estimate of drug-likeness (QED) is 0.602. The van der Waals surface area contributed by atoms with Crippen LogP contribution in [0, 0.1) is 0 Å². The summed E-state index contributed by atoms with van der Waals surface area (Å²) in [5.41, 5.74) is 1.24. The van der Waals surface area contributed by atoms with Crippen LogP contribution in [-0.4, -0.2) is 20.4 Å². The fourth-order valence-corrected chi connectivity index (χ4v) is 5.55. The molecule has 4 rings (SSSR count). The molecule has 0 amide bonds. The van der Waals surface area contributed by atoms with E-state index in [0.29, 0.717) is 16.3 Å². The number of hydrogen-bond acceptors (Lipinski definition) is 4. The molecule has 2 N–H and O–H groups in total. The molecule has 0 unspecified atom stereocenters. The molecule has 0 atom stereocenters. The number of hydrogen-bond donors (Lipinski definition) is 2. The van der Waals surface area contributed by atoms with E-state index in [0.717, 1.165) is 11.6 Å². The molecule has 2 heterocycles. The fraction of sp³-hybridized carbons (Fsp3) is 0.579. The minimum Gasteiger partial charge on any atom is -0.323 e. The van der Waals surface area contributed by atoms with Crippen LogP contribution in [0.5, 0.6) is 0 Å². The van der Waals surface area contributed by atoms with E-state index in [9.17, 15) is 0 Å². The summed E-state index contributed by atoms with van der Waals surface area (Å²) in [6.07, 6.45) is 11.8. The number of thioether (sulfide) groups is 1. The monoisotopic (exact) mass is 376 g/mol. The van der Waals surface area contributed by atoms with E-state index in [2.05, 4.69) is 32.6 Å². The summed E-state index contributed by atoms with van der Waals surface area (Å²) in [6, 6.07) is 6.18. The maximum absolute atomic E-state index is 6.25. The van der Waals surface area contributed by atoms with Gasteiger partial charge in [0.25, 0.3) is 0 Å². The van der Waals surface area contributed by atoms with Gasteiger partial charge in [0.05, 0.1) is 0 Å². The Morgan fingerprint density at radius 3 is 2.52 bits per heavy atom. The Bertz CT molecular complexity index is 705. The summed E-state index contributed by atoms with van der Waals surface area (Å²) < 4.78 is 0. The summed E-state index contributed by atoms with van der Waals surface area (Å²) in [5, 5.41) is 12.1. The van der Waals surface area contributed by atoms with Gasteiger partial charge < -0.3 is 5.32 Å². The Labute approximate surface area is 158 Å². The number of nitrogens with one attached hydrogen (secondary N) is 2. The first kappa shape index (κ1) is 17.2. The molecule has 2 aliphatic rings. The second-order valence-electron chi connectivity index (χ2n) is 7.20. The van der Waals surface area contributed by atoms with Crippen molar-refractivity contribution in [2.24, 2.45) is 0 Å². The predicted molar refractivity (Wildman–Crippen MR) is 105 cm³/mol. The lowest BCUT2D eigenvalue weighted by atomic mass is 10.0. The molecule has 2 saturated carbocycles. The van der Waals surface area contributed by atoms with Crippen molar-refractivity contribution >= 4 is 35.0 Å². The molecule has 2 aromatic rings. The summed E-state index contributed by atoms with van der Waals surface area (Å²) in [5.74, 6) is 2.23. The highest BCUT2D eigenvalue weighted by atomic mass is 35.5. The molecule has 0 saturated heterocycles. The molecule has 134 valence electrons. The van der Waals surface area contributed by atoms with Crippen LogP contribution in [0.1, 0.15) is 69.4 Å². The standard InChI is InChI=1S/C19H25ClN4S/c20-17-10-15(25-14-8-2-1-3-9-14)11-18(21-17)22-19-12-16(23-24-19)13-6-4-5-7-13/h10-14H,1-9H2,(H2,21,22,23,24). The summed E-state index contributed by atoms with van der Waals surface area (Å²) in [7, 11) is 0. The maximum atomic E-state index is 6.25. The lowest BCUT2D eigenvalue weighted by molar-refractivity contribution is 0.516. The van der Waals surface area contributed by atoms with E-state index in [1.165, 1.54) is 68.4 Å². The van der Waals surface area contributed by atoms with Crippen LogP contribution >= 0.6 is 23.4 Å². The zero-order chi connectivity index (χ0) is 17.1. The maximum Gasteiger partial charge on any atom is 0.153 e. The average molecular weight is 377 g/mol. The number of nitrogens with zero attached hydrogens (tertiary/aromatic N) is 2. The van der Waals surface area contributed by atoms with E-state index in [4.69, 9.17) is 11.6 Å². The number of H-pyrrole nitrogens is 1. The molecule has 25 heavy (non-hydrogen) atoms. The van der Waals surface area contributed by atoms with Gasteiger partial charge in [-0.2, -0.15) is 5.10 Å². The lowest BCUT2D eigenvalue weighted by Crippen LogP contribution is -2.07. The first-order valence-corrected chi connectivity index (χ1v) is 10.7. The molecular formula is C19H25ClN4S. The topological polar surface area (TPSA) is 53.6 Å². The van der Waals surface area contributed by atoms with Gasteiger partial charge in [-0.05, 0) is 37.8 Å². The molecule has 0 spiro atoms. The molecule has 6 heteroatoms. The third-order valence-electron chi connectivity index (χ3n) is 5.27. The normalized spacial score (nSPS) is 19.4. The Kier molecular flexibility index (Phi) is 5.51. The van der Waals surface area contributed by atoms with Gasteiger partial charge in [-0.15, -0.1) is 11.8 Å². The van der Waals surface area contributed by atoms with E-state index >= 15 is 0 Å². The second-order valence-corrected chi connectivity index (χ2v) is 8.96. The van der Waals surface area contributed by atoms with Crippen molar-refractivity contribution in [1.82, 2.24) is 15.2 Å². The van der Waals surface area contributed by atoms with Crippen molar-refractivity contribution in [2.75, 3.05) is 5.32 Å². The number of aromatic amines is 1. The van der Waals surface area contributed by atoms with Crippen molar-refractivity contribution in [3.05, 3.63) is 29.0 Å². The molecule has 2 aromatic heterocycles. The Hall–Kier alpha value is -1.20. The molecule has 0 radical (unpaired) electrons. The van der Waals surface area contributed by atoms with E-state index < -0.39 is 0 Å². The zero-order valence-electron chi connectivity index (χ0n) is 14.4. The molecule has 2 aliphatic carbocycles. The van der Waals surface area contributed by atoms with Crippen LogP contribution in [-0.2, 0) is 0 Å². The van der Waals surface area contributed by atoms with Crippen LogP contribution in [0.15, 0.2) is 23.1 Å². The minimum absolute atomic E-state index is 0.537. The smallest absolute Gasteiger partial charge is 0.153 e. The molecule has 4 nitrogen and oxygen atoms in total. The van der Waals surface area contributed by atoms with Crippen LogP contribution in [0.4, 0.5) is 11.6 Å². The van der Waals surface area contributed by atoms with Gasteiger partial charge in [-0.25, -0.2) is 4.98 Å². The van der Waals surface area contributed by atoms with Gasteiger partial charge in [0.15, 0.2) is 5.82 Å².